The van der Waals surface area contributed by atoms with E-state index >= 15 is 0 Å². The molecule has 0 bridgehead atoms. The standard InChI is InChI=1S/C16H16N4O3S/c1-22-9-13(15-3-2-8-23-15)18-16(21)17-12-6-4-11(5-7-12)14-10-24-20-19-14/h2-8,10,13H,9H2,1H3,(H2,17,18,21)/t13-/m0/s1. The van der Waals surface area contributed by atoms with Crippen molar-refractivity contribution in [3.63, 3.8) is 0 Å². The molecule has 8 heteroatoms. The fourth-order valence-corrected chi connectivity index (χ4v) is 2.66. The van der Waals surface area contributed by atoms with E-state index in [9.17, 15) is 4.79 Å². The average molecular weight is 344 g/mol. The number of furan rings is 1. The zero-order chi connectivity index (χ0) is 16.8. The van der Waals surface area contributed by atoms with Gasteiger partial charge in [-0.25, -0.2) is 4.79 Å². The SMILES string of the molecule is COC[C@H](NC(=O)Nc1ccc(-c2csnn2)cc1)c1ccco1. The van der Waals surface area contributed by atoms with Crippen molar-refractivity contribution < 1.29 is 13.9 Å². The van der Waals surface area contributed by atoms with Gasteiger partial charge in [-0.15, -0.1) is 5.10 Å². The number of aromatic nitrogens is 2. The summed E-state index contributed by atoms with van der Waals surface area (Å²) in [6.07, 6.45) is 1.56. The van der Waals surface area contributed by atoms with Crippen molar-refractivity contribution in [2.45, 2.75) is 6.04 Å². The van der Waals surface area contributed by atoms with Crippen LogP contribution in [0.4, 0.5) is 10.5 Å². The van der Waals surface area contributed by atoms with Crippen LogP contribution in [0.5, 0.6) is 0 Å². The second-order valence-electron chi connectivity index (χ2n) is 4.99. The lowest BCUT2D eigenvalue weighted by atomic mass is 10.1. The minimum atomic E-state index is -0.356. The van der Waals surface area contributed by atoms with Crippen LogP contribution in [0.1, 0.15) is 11.8 Å². The number of rotatable bonds is 6. The fourth-order valence-electron chi connectivity index (χ4n) is 2.19. The van der Waals surface area contributed by atoms with Crippen molar-refractivity contribution in [3.8, 4) is 11.3 Å². The number of nitrogens with zero attached hydrogens (tertiary/aromatic N) is 2. The quantitative estimate of drug-likeness (QED) is 0.716. The Morgan fingerprint density at radius 1 is 1.33 bits per heavy atom. The number of methoxy groups -OCH3 is 1. The zero-order valence-electron chi connectivity index (χ0n) is 12.9. The Morgan fingerprint density at radius 3 is 2.79 bits per heavy atom. The lowest BCUT2D eigenvalue weighted by Crippen LogP contribution is -2.34. The van der Waals surface area contributed by atoms with Crippen LogP contribution < -0.4 is 10.6 Å². The molecular formula is C16H16N4O3S. The molecule has 2 amide bonds. The molecule has 2 heterocycles. The van der Waals surface area contributed by atoms with Gasteiger partial charge in [-0.3, -0.25) is 0 Å². The Kier molecular flexibility index (Phi) is 5.19. The summed E-state index contributed by atoms with van der Waals surface area (Å²) < 4.78 is 14.3. The third kappa shape index (κ3) is 3.98. The monoisotopic (exact) mass is 344 g/mol. The summed E-state index contributed by atoms with van der Waals surface area (Å²) in [5.41, 5.74) is 2.44. The van der Waals surface area contributed by atoms with Crippen LogP contribution in [-0.4, -0.2) is 29.3 Å². The van der Waals surface area contributed by atoms with Gasteiger partial charge in [0.15, 0.2) is 0 Å². The lowest BCUT2D eigenvalue weighted by Gasteiger charge is -2.16. The highest BCUT2D eigenvalue weighted by Gasteiger charge is 2.17. The van der Waals surface area contributed by atoms with Gasteiger partial charge in [0, 0.05) is 23.7 Å². The number of anilines is 1. The highest BCUT2D eigenvalue weighted by molar-refractivity contribution is 7.03. The maximum atomic E-state index is 12.2. The maximum Gasteiger partial charge on any atom is 0.319 e. The van der Waals surface area contributed by atoms with E-state index in [1.807, 2.05) is 29.6 Å². The van der Waals surface area contributed by atoms with Crippen molar-refractivity contribution in [3.05, 3.63) is 53.8 Å². The number of hydrogen-bond acceptors (Lipinski definition) is 6. The molecule has 0 saturated carbocycles. The Hall–Kier alpha value is -2.71. The molecule has 0 aliphatic rings. The van der Waals surface area contributed by atoms with Crippen LogP contribution in [-0.2, 0) is 4.74 Å². The molecule has 24 heavy (non-hydrogen) atoms. The first kappa shape index (κ1) is 16.2. The summed E-state index contributed by atoms with van der Waals surface area (Å²) in [5, 5.41) is 11.5. The van der Waals surface area contributed by atoms with Gasteiger partial charge in [-0.05, 0) is 35.8 Å². The second kappa shape index (κ2) is 7.71. The number of hydrogen-bond donors (Lipinski definition) is 2. The number of benzene rings is 1. The zero-order valence-corrected chi connectivity index (χ0v) is 13.7. The van der Waals surface area contributed by atoms with E-state index in [2.05, 4.69) is 20.2 Å². The number of ether oxygens (including phenoxy) is 1. The summed E-state index contributed by atoms with van der Waals surface area (Å²) in [4.78, 5) is 12.2. The van der Waals surface area contributed by atoms with Gasteiger partial charge in [0.2, 0.25) is 0 Å². The van der Waals surface area contributed by atoms with Crippen molar-refractivity contribution in [1.82, 2.24) is 14.9 Å². The summed E-state index contributed by atoms with van der Waals surface area (Å²) >= 11 is 1.30. The smallest absolute Gasteiger partial charge is 0.319 e. The number of urea groups is 1. The largest absolute Gasteiger partial charge is 0.467 e. The summed E-state index contributed by atoms with van der Waals surface area (Å²) in [5.74, 6) is 0.637. The van der Waals surface area contributed by atoms with Crippen molar-refractivity contribution in [2.75, 3.05) is 19.0 Å². The number of nitrogens with one attached hydrogen (secondary N) is 2. The molecule has 1 atom stereocenters. The molecular weight excluding hydrogens is 328 g/mol. The first-order chi connectivity index (χ1) is 11.8. The Labute approximate surface area is 142 Å². The third-order valence-electron chi connectivity index (χ3n) is 3.32. The minimum absolute atomic E-state index is 0.316. The molecule has 3 rings (SSSR count). The highest BCUT2D eigenvalue weighted by atomic mass is 32.1. The van der Waals surface area contributed by atoms with Crippen molar-refractivity contribution in [1.29, 1.82) is 0 Å². The van der Waals surface area contributed by atoms with Crippen LogP contribution in [0.15, 0.2) is 52.5 Å². The number of carbonyl (C=O) groups excluding carboxylic acids is 1. The van der Waals surface area contributed by atoms with Crippen LogP contribution in [0, 0.1) is 0 Å². The predicted molar refractivity (Wildman–Crippen MR) is 90.8 cm³/mol. The van der Waals surface area contributed by atoms with E-state index in [0.29, 0.717) is 18.1 Å². The van der Waals surface area contributed by atoms with Gasteiger partial charge in [-0.2, -0.15) is 0 Å². The van der Waals surface area contributed by atoms with E-state index in [1.54, 1.807) is 25.5 Å². The normalized spacial score (nSPS) is 11.9. The summed E-state index contributed by atoms with van der Waals surface area (Å²) in [6, 6.07) is 10.3. The molecule has 0 aliphatic carbocycles. The predicted octanol–water partition coefficient (Wildman–Crippen LogP) is 3.31. The van der Waals surface area contributed by atoms with Crippen LogP contribution in [0.3, 0.4) is 0 Å². The van der Waals surface area contributed by atoms with Gasteiger partial charge in [0.1, 0.15) is 17.5 Å². The molecule has 2 N–H and O–H groups in total. The minimum Gasteiger partial charge on any atom is -0.467 e. The van der Waals surface area contributed by atoms with E-state index in [4.69, 9.17) is 9.15 Å². The van der Waals surface area contributed by atoms with E-state index in [-0.39, 0.29) is 12.1 Å². The summed E-state index contributed by atoms with van der Waals surface area (Å²) in [6.45, 7) is 0.316. The Balaban J connectivity index is 1.61. The summed E-state index contributed by atoms with van der Waals surface area (Å²) in [7, 11) is 1.57. The first-order valence-electron chi connectivity index (χ1n) is 7.23. The molecule has 124 valence electrons. The number of carbonyl (C=O) groups is 1. The highest BCUT2D eigenvalue weighted by Crippen LogP contribution is 2.20. The van der Waals surface area contributed by atoms with E-state index in [1.165, 1.54) is 11.5 Å². The molecule has 3 aromatic rings. The molecule has 0 unspecified atom stereocenters. The molecule has 2 aromatic heterocycles. The first-order valence-corrected chi connectivity index (χ1v) is 8.07. The van der Waals surface area contributed by atoms with Crippen LogP contribution >= 0.6 is 11.5 Å². The molecule has 0 fully saturated rings. The molecule has 0 spiro atoms. The topological polar surface area (TPSA) is 89.3 Å². The van der Waals surface area contributed by atoms with Gasteiger partial charge < -0.3 is 19.8 Å². The Morgan fingerprint density at radius 2 is 2.17 bits per heavy atom. The van der Waals surface area contributed by atoms with Crippen molar-refractivity contribution >= 4 is 23.3 Å². The van der Waals surface area contributed by atoms with Crippen LogP contribution in [0.25, 0.3) is 11.3 Å². The van der Waals surface area contributed by atoms with E-state index < -0.39 is 0 Å². The van der Waals surface area contributed by atoms with Crippen molar-refractivity contribution in [2.24, 2.45) is 0 Å². The molecule has 0 aliphatic heterocycles. The van der Waals surface area contributed by atoms with Gasteiger partial charge in [0.25, 0.3) is 0 Å². The second-order valence-corrected chi connectivity index (χ2v) is 5.60. The molecule has 7 nitrogen and oxygen atoms in total. The van der Waals surface area contributed by atoms with Gasteiger partial charge in [-0.1, -0.05) is 16.6 Å². The average Bonchev–Trinajstić information content (AvgIpc) is 3.29. The molecule has 1 aromatic carbocycles. The van der Waals surface area contributed by atoms with Crippen LogP contribution in [0.2, 0.25) is 0 Å². The molecule has 0 radical (unpaired) electrons. The third-order valence-corrected chi connectivity index (χ3v) is 3.83. The number of amides is 2. The lowest BCUT2D eigenvalue weighted by molar-refractivity contribution is 0.159. The van der Waals surface area contributed by atoms with E-state index in [0.717, 1.165) is 11.3 Å². The Bertz CT molecular complexity index is 757. The maximum absolute atomic E-state index is 12.2. The molecule has 0 saturated heterocycles. The fraction of sp³-hybridized carbons (Fsp3) is 0.188. The van der Waals surface area contributed by atoms with Gasteiger partial charge >= 0.3 is 6.03 Å². The van der Waals surface area contributed by atoms with Gasteiger partial charge in [0.05, 0.1) is 12.9 Å².